The van der Waals surface area contributed by atoms with Gasteiger partial charge in [0.2, 0.25) is 0 Å². The lowest BCUT2D eigenvalue weighted by molar-refractivity contribution is 0.704. The maximum Gasteiger partial charge on any atom is 0.141 e. The molecule has 3 aromatic rings. The number of nitrogens with zero attached hydrogens (tertiary/aromatic N) is 2. The molecule has 2 N–H and O–H groups in total. The van der Waals surface area contributed by atoms with E-state index < -0.39 is 0 Å². The van der Waals surface area contributed by atoms with Gasteiger partial charge in [-0.25, -0.2) is 4.98 Å². The van der Waals surface area contributed by atoms with Crippen molar-refractivity contribution >= 4 is 44.3 Å². The minimum atomic E-state index is 0.698. The highest BCUT2D eigenvalue weighted by atomic mass is 79.9. The fourth-order valence-corrected chi connectivity index (χ4v) is 3.19. The van der Waals surface area contributed by atoms with E-state index in [4.69, 9.17) is 22.3 Å². The maximum absolute atomic E-state index is 6.08. The van der Waals surface area contributed by atoms with E-state index in [0.29, 0.717) is 10.7 Å². The molecule has 0 atom stereocenters. The van der Waals surface area contributed by atoms with E-state index in [1.807, 2.05) is 36.4 Å². The lowest BCUT2D eigenvalue weighted by atomic mass is 10.2. The van der Waals surface area contributed by atoms with Crippen LogP contribution >= 0.6 is 27.5 Å². The van der Waals surface area contributed by atoms with E-state index in [9.17, 15) is 0 Å². The summed E-state index contributed by atoms with van der Waals surface area (Å²) < 4.78 is 3.16. The standard InChI is InChI=1S/C16H15BrClN3/c1-2-5-21-15-4-3-12(18)9-14(15)20-16(21)10-6-11(17)8-13(19)7-10/h3-4,6-9H,2,5,19H2,1H3. The van der Waals surface area contributed by atoms with Crippen molar-refractivity contribution < 1.29 is 0 Å². The molecular formula is C16H15BrClN3. The molecule has 3 nitrogen and oxygen atoms in total. The van der Waals surface area contributed by atoms with Crippen molar-refractivity contribution in [1.29, 1.82) is 0 Å². The van der Waals surface area contributed by atoms with Gasteiger partial charge >= 0.3 is 0 Å². The molecule has 0 aliphatic heterocycles. The average Bonchev–Trinajstić information content (AvgIpc) is 2.76. The molecule has 0 radical (unpaired) electrons. The van der Waals surface area contributed by atoms with Crippen LogP contribution in [0.2, 0.25) is 5.02 Å². The van der Waals surface area contributed by atoms with Gasteiger partial charge in [-0.1, -0.05) is 34.5 Å². The third kappa shape index (κ3) is 2.78. The summed E-state index contributed by atoms with van der Waals surface area (Å²) in [6.07, 6.45) is 1.03. The molecule has 1 aromatic heterocycles. The number of anilines is 1. The van der Waals surface area contributed by atoms with Crippen molar-refractivity contribution in [2.45, 2.75) is 19.9 Å². The third-order valence-corrected chi connectivity index (χ3v) is 4.03. The molecule has 0 saturated carbocycles. The molecule has 108 valence electrons. The zero-order valence-electron chi connectivity index (χ0n) is 11.6. The average molecular weight is 365 g/mol. The van der Waals surface area contributed by atoms with Crippen LogP contribution in [0.3, 0.4) is 0 Å². The highest BCUT2D eigenvalue weighted by molar-refractivity contribution is 9.10. The van der Waals surface area contributed by atoms with Gasteiger partial charge in [0, 0.05) is 27.3 Å². The van der Waals surface area contributed by atoms with Crippen LogP contribution in [-0.4, -0.2) is 9.55 Å². The van der Waals surface area contributed by atoms with Gasteiger partial charge in [0.1, 0.15) is 5.82 Å². The van der Waals surface area contributed by atoms with Crippen molar-refractivity contribution in [1.82, 2.24) is 9.55 Å². The van der Waals surface area contributed by atoms with Crippen LogP contribution < -0.4 is 5.73 Å². The van der Waals surface area contributed by atoms with Gasteiger partial charge in [-0.15, -0.1) is 0 Å². The first-order valence-electron chi connectivity index (χ1n) is 6.80. The summed E-state index contributed by atoms with van der Waals surface area (Å²) in [4.78, 5) is 4.75. The first kappa shape index (κ1) is 14.4. The number of hydrogen-bond donors (Lipinski definition) is 1. The summed E-state index contributed by atoms with van der Waals surface area (Å²) in [6.45, 7) is 3.06. The van der Waals surface area contributed by atoms with E-state index in [1.165, 1.54) is 0 Å². The van der Waals surface area contributed by atoms with Crippen molar-refractivity contribution in [2.75, 3.05) is 5.73 Å². The molecule has 0 saturated heterocycles. The molecule has 3 rings (SSSR count). The fraction of sp³-hybridized carbons (Fsp3) is 0.188. The zero-order chi connectivity index (χ0) is 15.0. The van der Waals surface area contributed by atoms with E-state index in [1.54, 1.807) is 0 Å². The van der Waals surface area contributed by atoms with Crippen molar-refractivity contribution in [3.05, 3.63) is 45.9 Å². The van der Waals surface area contributed by atoms with Crippen molar-refractivity contribution in [3.63, 3.8) is 0 Å². The molecule has 0 bridgehead atoms. The molecule has 0 fully saturated rings. The second-order valence-corrected chi connectivity index (χ2v) is 6.35. The fourth-order valence-electron chi connectivity index (χ4n) is 2.51. The van der Waals surface area contributed by atoms with Gasteiger partial charge in [-0.2, -0.15) is 0 Å². The van der Waals surface area contributed by atoms with Gasteiger partial charge in [-0.3, -0.25) is 0 Å². The van der Waals surface area contributed by atoms with Crippen LogP contribution in [-0.2, 0) is 6.54 Å². The van der Waals surface area contributed by atoms with Gasteiger partial charge in [-0.05, 0) is 42.8 Å². The number of nitrogens with two attached hydrogens (primary N) is 1. The second-order valence-electron chi connectivity index (χ2n) is 4.99. The number of aryl methyl sites for hydroxylation is 1. The molecule has 0 aliphatic rings. The van der Waals surface area contributed by atoms with Crippen LogP contribution in [0.4, 0.5) is 5.69 Å². The largest absolute Gasteiger partial charge is 0.399 e. The van der Waals surface area contributed by atoms with E-state index in [-0.39, 0.29) is 0 Å². The number of fused-ring (bicyclic) bond motifs is 1. The Bertz CT molecular complexity index is 790. The molecule has 21 heavy (non-hydrogen) atoms. The Morgan fingerprint density at radius 1 is 1.24 bits per heavy atom. The molecule has 0 aliphatic carbocycles. The minimum Gasteiger partial charge on any atom is -0.399 e. The molecule has 5 heteroatoms. The Kier molecular flexibility index (Phi) is 3.91. The smallest absolute Gasteiger partial charge is 0.141 e. The lowest BCUT2D eigenvalue weighted by Crippen LogP contribution is -2.00. The summed E-state index contributed by atoms with van der Waals surface area (Å²) in [7, 11) is 0. The van der Waals surface area contributed by atoms with Gasteiger partial charge < -0.3 is 10.3 Å². The number of benzene rings is 2. The lowest BCUT2D eigenvalue weighted by Gasteiger charge is -2.09. The third-order valence-electron chi connectivity index (χ3n) is 3.34. The van der Waals surface area contributed by atoms with Crippen molar-refractivity contribution in [2.24, 2.45) is 0 Å². The maximum atomic E-state index is 6.08. The Morgan fingerprint density at radius 3 is 2.76 bits per heavy atom. The molecule has 1 heterocycles. The predicted molar refractivity (Wildman–Crippen MR) is 92.6 cm³/mol. The molecular weight excluding hydrogens is 350 g/mol. The van der Waals surface area contributed by atoms with Gasteiger partial charge in [0.15, 0.2) is 0 Å². The highest BCUT2D eigenvalue weighted by Crippen LogP contribution is 2.30. The normalized spacial score (nSPS) is 11.2. The van der Waals surface area contributed by atoms with Crippen LogP contribution in [0, 0.1) is 0 Å². The number of halogens is 2. The Morgan fingerprint density at radius 2 is 2.05 bits per heavy atom. The van der Waals surface area contributed by atoms with E-state index >= 15 is 0 Å². The van der Waals surface area contributed by atoms with Crippen LogP contribution in [0.1, 0.15) is 13.3 Å². The first-order chi connectivity index (χ1) is 10.1. The zero-order valence-corrected chi connectivity index (χ0v) is 13.9. The monoisotopic (exact) mass is 363 g/mol. The topological polar surface area (TPSA) is 43.8 Å². The Hall–Kier alpha value is -1.52. The summed E-state index contributed by atoms with van der Waals surface area (Å²) >= 11 is 9.57. The van der Waals surface area contributed by atoms with E-state index in [0.717, 1.165) is 39.9 Å². The summed E-state index contributed by atoms with van der Waals surface area (Å²) in [5.74, 6) is 0.919. The minimum absolute atomic E-state index is 0.698. The Balaban J connectivity index is 2.27. The second kappa shape index (κ2) is 5.70. The van der Waals surface area contributed by atoms with Crippen molar-refractivity contribution in [3.8, 4) is 11.4 Å². The SMILES string of the molecule is CCCn1c(-c2cc(N)cc(Br)c2)nc2cc(Cl)ccc21. The van der Waals surface area contributed by atoms with Crippen LogP contribution in [0.15, 0.2) is 40.9 Å². The molecule has 0 spiro atoms. The quantitative estimate of drug-likeness (QED) is 0.656. The Labute approximate surface area is 136 Å². The molecule has 0 amide bonds. The summed E-state index contributed by atoms with van der Waals surface area (Å²) in [5.41, 5.74) is 9.67. The predicted octanol–water partition coefficient (Wildman–Crippen LogP) is 5.11. The highest BCUT2D eigenvalue weighted by Gasteiger charge is 2.13. The summed E-state index contributed by atoms with van der Waals surface area (Å²) in [6, 6.07) is 11.7. The summed E-state index contributed by atoms with van der Waals surface area (Å²) in [5, 5.41) is 0.698. The molecule has 0 unspecified atom stereocenters. The number of aromatic nitrogens is 2. The van der Waals surface area contributed by atoms with Gasteiger partial charge in [0.05, 0.1) is 11.0 Å². The van der Waals surface area contributed by atoms with Crippen LogP contribution in [0.5, 0.6) is 0 Å². The van der Waals surface area contributed by atoms with Gasteiger partial charge in [0.25, 0.3) is 0 Å². The first-order valence-corrected chi connectivity index (χ1v) is 7.98. The molecule has 2 aromatic carbocycles. The number of imidazole rings is 1. The number of hydrogen-bond acceptors (Lipinski definition) is 2. The van der Waals surface area contributed by atoms with Crippen LogP contribution in [0.25, 0.3) is 22.4 Å². The van der Waals surface area contributed by atoms with E-state index in [2.05, 4.69) is 27.4 Å². The number of nitrogen functional groups attached to an aromatic ring is 1. The number of rotatable bonds is 3.